The molecular formula is C31H42N5O11P. The highest BCUT2D eigenvalue weighted by atomic mass is 31.2. The van der Waals surface area contributed by atoms with Crippen LogP contribution in [-0.2, 0) is 52.8 Å². The van der Waals surface area contributed by atoms with Crippen molar-refractivity contribution in [3.8, 4) is 5.75 Å². The fourth-order valence-corrected chi connectivity index (χ4v) is 6.24. The quantitative estimate of drug-likeness (QED) is 0.126. The van der Waals surface area contributed by atoms with Crippen molar-refractivity contribution >= 4 is 37.0 Å². The number of carbonyl (C=O) groups excluding carboxylic acids is 3. The first kappa shape index (κ1) is 36.8. The molecule has 262 valence electrons. The molecule has 3 N–H and O–H groups in total. The summed E-state index contributed by atoms with van der Waals surface area (Å²) in [6, 6.07) is 10.3. The standard InChI is InChI=1S/C31H42N5O11P/c1-7-25(37)45-27-23(42-18-31(27,46-26(38)8-2)24-15-14-22-28(32)33-19-34-36(22)24)16-44-48(40,47-21-12-10-9-11-13-21)35-20(3)29(39)43-17-30(4,5)41-6/h9-15,19-20,23,27H,7-8,16-18H2,1-6H3,(H,35,40)(H2,32,33,34)/t20-,23+,27+,31+,48-/m0/s1. The first-order valence-corrected chi connectivity index (χ1v) is 16.9. The third kappa shape index (κ3) is 8.49. The Hall–Kier alpha value is -4.08. The number of anilines is 1. The van der Waals surface area contributed by atoms with Gasteiger partial charge in [-0.15, -0.1) is 0 Å². The highest BCUT2D eigenvalue weighted by Crippen LogP contribution is 2.47. The molecule has 1 fully saturated rings. The number of nitrogen functional groups attached to an aromatic ring is 1. The van der Waals surface area contributed by atoms with E-state index in [0.717, 1.165) is 0 Å². The molecule has 3 aromatic rings. The number of esters is 3. The van der Waals surface area contributed by atoms with Crippen molar-refractivity contribution in [3.05, 3.63) is 54.5 Å². The molecular weight excluding hydrogens is 649 g/mol. The van der Waals surface area contributed by atoms with Crippen LogP contribution in [0.25, 0.3) is 5.52 Å². The van der Waals surface area contributed by atoms with Crippen LogP contribution in [0, 0.1) is 0 Å². The number of nitrogens with one attached hydrogen (secondary N) is 1. The summed E-state index contributed by atoms with van der Waals surface area (Å²) in [7, 11) is -2.89. The fourth-order valence-electron chi connectivity index (χ4n) is 4.74. The predicted molar refractivity (Wildman–Crippen MR) is 171 cm³/mol. The number of ether oxygens (including phenoxy) is 5. The molecule has 0 amide bonds. The maximum atomic E-state index is 14.3. The van der Waals surface area contributed by atoms with E-state index in [-0.39, 0.29) is 37.6 Å². The molecule has 3 heterocycles. The number of benzene rings is 1. The third-order valence-electron chi connectivity index (χ3n) is 7.55. The molecule has 48 heavy (non-hydrogen) atoms. The summed E-state index contributed by atoms with van der Waals surface area (Å²) in [6.45, 7) is 7.28. The second-order valence-corrected chi connectivity index (χ2v) is 13.3. The van der Waals surface area contributed by atoms with Crippen LogP contribution < -0.4 is 15.3 Å². The van der Waals surface area contributed by atoms with Gasteiger partial charge in [-0.1, -0.05) is 32.0 Å². The van der Waals surface area contributed by atoms with Gasteiger partial charge in [0.1, 0.15) is 36.3 Å². The lowest BCUT2D eigenvalue weighted by Gasteiger charge is -2.34. The molecule has 16 nitrogen and oxygen atoms in total. The number of carbonyl (C=O) groups is 3. The van der Waals surface area contributed by atoms with E-state index in [1.807, 2.05) is 0 Å². The van der Waals surface area contributed by atoms with E-state index < -0.39 is 61.7 Å². The fraction of sp³-hybridized carbons (Fsp3) is 0.516. The van der Waals surface area contributed by atoms with Crippen LogP contribution in [0.4, 0.5) is 5.82 Å². The smallest absolute Gasteiger partial charge is 0.459 e. The molecule has 1 saturated heterocycles. The van der Waals surface area contributed by atoms with Crippen LogP contribution in [-0.4, -0.2) is 83.3 Å². The topological polar surface area (TPSA) is 201 Å². The molecule has 1 aromatic carbocycles. The summed E-state index contributed by atoms with van der Waals surface area (Å²) in [6.07, 6.45) is -1.23. The molecule has 0 radical (unpaired) electrons. The Morgan fingerprint density at radius 1 is 1.15 bits per heavy atom. The number of nitrogens with zero attached hydrogens (tertiary/aromatic N) is 3. The lowest BCUT2D eigenvalue weighted by atomic mass is 9.92. The van der Waals surface area contributed by atoms with Crippen LogP contribution in [0.2, 0.25) is 0 Å². The number of hydrogen-bond donors (Lipinski definition) is 2. The van der Waals surface area contributed by atoms with E-state index >= 15 is 0 Å². The molecule has 5 atom stereocenters. The third-order valence-corrected chi connectivity index (χ3v) is 9.20. The van der Waals surface area contributed by atoms with Gasteiger partial charge < -0.3 is 33.9 Å². The molecule has 0 aliphatic carbocycles. The number of rotatable bonds is 16. The van der Waals surface area contributed by atoms with Crippen LogP contribution in [0.5, 0.6) is 5.75 Å². The van der Waals surface area contributed by atoms with Gasteiger partial charge in [-0.05, 0) is 45.0 Å². The zero-order valence-corrected chi connectivity index (χ0v) is 28.6. The minimum absolute atomic E-state index is 0.00260. The van der Waals surface area contributed by atoms with E-state index in [4.69, 9.17) is 38.5 Å². The van der Waals surface area contributed by atoms with E-state index in [1.165, 1.54) is 24.9 Å². The largest absolute Gasteiger partial charge is 0.461 e. The summed E-state index contributed by atoms with van der Waals surface area (Å²) in [5, 5.41) is 6.90. The zero-order chi connectivity index (χ0) is 35.1. The summed E-state index contributed by atoms with van der Waals surface area (Å²) < 4.78 is 55.9. The summed E-state index contributed by atoms with van der Waals surface area (Å²) in [5.74, 6) is -1.63. The maximum absolute atomic E-state index is 14.3. The number of methoxy groups -OCH3 is 1. The minimum Gasteiger partial charge on any atom is -0.461 e. The number of para-hydroxylation sites is 1. The van der Waals surface area contributed by atoms with Gasteiger partial charge >= 0.3 is 25.7 Å². The molecule has 1 aliphatic rings. The second-order valence-electron chi connectivity index (χ2n) is 11.6. The Morgan fingerprint density at radius 3 is 2.52 bits per heavy atom. The highest BCUT2D eigenvalue weighted by Gasteiger charge is 2.59. The normalized spacial score (nSPS) is 21.3. The van der Waals surface area contributed by atoms with Crippen molar-refractivity contribution in [2.24, 2.45) is 0 Å². The number of hydrogen-bond acceptors (Lipinski definition) is 14. The van der Waals surface area contributed by atoms with Crippen LogP contribution >= 0.6 is 7.75 Å². The lowest BCUT2D eigenvalue weighted by Crippen LogP contribution is -2.49. The molecule has 0 bridgehead atoms. The monoisotopic (exact) mass is 691 g/mol. The molecule has 4 rings (SSSR count). The molecule has 0 unspecified atom stereocenters. The average Bonchev–Trinajstić information content (AvgIpc) is 3.66. The van der Waals surface area contributed by atoms with Crippen LogP contribution in [0.1, 0.15) is 53.2 Å². The van der Waals surface area contributed by atoms with Crippen molar-refractivity contribution < 1.29 is 51.7 Å². The Bertz CT molecular complexity index is 1640. The van der Waals surface area contributed by atoms with Crippen molar-refractivity contribution in [2.45, 2.75) is 76.9 Å². The van der Waals surface area contributed by atoms with Gasteiger partial charge in [-0.2, -0.15) is 10.2 Å². The summed E-state index contributed by atoms with van der Waals surface area (Å²) in [4.78, 5) is 42.5. The van der Waals surface area contributed by atoms with Gasteiger partial charge in [0.2, 0.25) is 5.60 Å². The highest BCUT2D eigenvalue weighted by molar-refractivity contribution is 7.52. The number of nitrogens with two attached hydrogens (primary N) is 1. The van der Waals surface area contributed by atoms with Crippen LogP contribution in [0.15, 0.2) is 48.8 Å². The van der Waals surface area contributed by atoms with Gasteiger partial charge in [0.05, 0.1) is 24.5 Å². The van der Waals surface area contributed by atoms with E-state index in [9.17, 15) is 18.9 Å². The van der Waals surface area contributed by atoms with Gasteiger partial charge in [0.15, 0.2) is 11.9 Å². The maximum Gasteiger partial charge on any atom is 0.459 e. The average molecular weight is 692 g/mol. The Morgan fingerprint density at radius 2 is 1.85 bits per heavy atom. The Kier molecular flexibility index (Phi) is 11.8. The minimum atomic E-state index is -4.38. The molecule has 0 spiro atoms. The molecule has 17 heteroatoms. The predicted octanol–water partition coefficient (Wildman–Crippen LogP) is 3.33. The number of aromatic nitrogens is 3. The Balaban J connectivity index is 1.66. The van der Waals surface area contributed by atoms with Gasteiger partial charge in [0.25, 0.3) is 0 Å². The van der Waals surface area contributed by atoms with Gasteiger partial charge in [0, 0.05) is 20.0 Å². The van der Waals surface area contributed by atoms with Crippen molar-refractivity contribution in [1.29, 1.82) is 0 Å². The first-order chi connectivity index (χ1) is 22.8. The van der Waals surface area contributed by atoms with Crippen LogP contribution in [0.3, 0.4) is 0 Å². The SMILES string of the molecule is CCC(=O)O[C@@H]1[C@@H](CO[P@@](=O)(N[C@@H](C)C(=O)OCC(C)(C)OC)Oc2ccccc2)OC[C@@]1(OC(=O)CC)c1ccc2c(N)ncnn12. The van der Waals surface area contributed by atoms with E-state index in [1.54, 1.807) is 70.2 Å². The molecule has 0 saturated carbocycles. The second kappa shape index (κ2) is 15.4. The van der Waals surface area contributed by atoms with Gasteiger partial charge in [-0.25, -0.2) is 14.1 Å². The van der Waals surface area contributed by atoms with Crippen molar-refractivity contribution in [2.75, 3.05) is 32.7 Å². The summed E-state index contributed by atoms with van der Waals surface area (Å²) >= 11 is 0. The van der Waals surface area contributed by atoms with Gasteiger partial charge in [-0.3, -0.25) is 18.9 Å². The summed E-state index contributed by atoms with van der Waals surface area (Å²) in [5.41, 5.74) is 4.30. The lowest BCUT2D eigenvalue weighted by molar-refractivity contribution is -0.184. The Labute approximate surface area is 278 Å². The molecule has 2 aromatic heterocycles. The van der Waals surface area contributed by atoms with Crippen molar-refractivity contribution in [1.82, 2.24) is 19.7 Å². The number of fused-ring (bicyclic) bond motifs is 1. The first-order valence-electron chi connectivity index (χ1n) is 15.4. The van der Waals surface area contributed by atoms with E-state index in [0.29, 0.717) is 11.2 Å². The van der Waals surface area contributed by atoms with E-state index in [2.05, 4.69) is 15.2 Å². The zero-order valence-electron chi connectivity index (χ0n) is 27.7. The molecule has 1 aliphatic heterocycles. The van der Waals surface area contributed by atoms with Crippen molar-refractivity contribution in [3.63, 3.8) is 0 Å².